The third-order valence-electron chi connectivity index (χ3n) is 2.29. The highest BCUT2D eigenvalue weighted by Gasteiger charge is 2.05. The maximum absolute atomic E-state index is 5.48. The largest absolute Gasteiger partial charge is 0.330 e. The van der Waals surface area contributed by atoms with E-state index in [4.69, 9.17) is 5.73 Å². The summed E-state index contributed by atoms with van der Waals surface area (Å²) in [5.41, 5.74) is 8.57. The Bertz CT molecular complexity index is 492. The zero-order chi connectivity index (χ0) is 11.5. The van der Waals surface area contributed by atoms with Crippen LogP contribution < -0.4 is 5.73 Å². The minimum atomic E-state index is 0.591. The summed E-state index contributed by atoms with van der Waals surface area (Å²) < 4.78 is 2.77. The summed E-state index contributed by atoms with van der Waals surface area (Å²) in [7, 11) is 0. The highest BCUT2D eigenvalue weighted by atomic mass is 79.9. The molecular formula is C11H13BrN4. The van der Waals surface area contributed by atoms with Gasteiger partial charge in [-0.05, 0) is 47.1 Å². The molecule has 1 aromatic carbocycles. The fourth-order valence-electron chi connectivity index (χ4n) is 1.48. The first-order valence-electron chi connectivity index (χ1n) is 5.08. The van der Waals surface area contributed by atoms with Gasteiger partial charge in [0, 0.05) is 10.9 Å². The van der Waals surface area contributed by atoms with Gasteiger partial charge in [0.05, 0.1) is 17.6 Å². The van der Waals surface area contributed by atoms with Gasteiger partial charge < -0.3 is 5.73 Å². The van der Waals surface area contributed by atoms with Crippen LogP contribution in [0.1, 0.15) is 11.3 Å². The monoisotopic (exact) mass is 280 g/mol. The van der Waals surface area contributed by atoms with E-state index in [0.29, 0.717) is 6.54 Å². The van der Waals surface area contributed by atoms with Crippen LogP contribution >= 0.6 is 15.9 Å². The van der Waals surface area contributed by atoms with Gasteiger partial charge in [-0.15, -0.1) is 5.10 Å². The fraction of sp³-hybridized carbons (Fsp3) is 0.273. The maximum atomic E-state index is 5.48. The Morgan fingerprint density at radius 2 is 2.25 bits per heavy atom. The van der Waals surface area contributed by atoms with Crippen molar-refractivity contribution in [1.29, 1.82) is 0 Å². The van der Waals surface area contributed by atoms with Crippen LogP contribution in [0.3, 0.4) is 0 Å². The number of hydrogen-bond donors (Lipinski definition) is 1. The Hall–Kier alpha value is -1.20. The van der Waals surface area contributed by atoms with Gasteiger partial charge in [-0.2, -0.15) is 0 Å². The minimum absolute atomic E-state index is 0.591. The van der Waals surface area contributed by atoms with E-state index in [2.05, 4.69) is 32.3 Å². The molecule has 0 saturated heterocycles. The van der Waals surface area contributed by atoms with Crippen molar-refractivity contribution in [2.45, 2.75) is 13.3 Å². The van der Waals surface area contributed by atoms with Crippen LogP contribution in [0, 0.1) is 6.92 Å². The third-order valence-corrected chi connectivity index (χ3v) is 2.96. The van der Waals surface area contributed by atoms with Crippen molar-refractivity contribution < 1.29 is 0 Å². The second-order valence-corrected chi connectivity index (χ2v) is 4.50. The van der Waals surface area contributed by atoms with Crippen molar-refractivity contribution in [2.24, 2.45) is 5.73 Å². The van der Waals surface area contributed by atoms with E-state index in [9.17, 15) is 0 Å². The van der Waals surface area contributed by atoms with Crippen LogP contribution in [0.25, 0.3) is 5.69 Å². The molecule has 0 aliphatic rings. The number of aryl methyl sites for hydroxylation is 1. The summed E-state index contributed by atoms with van der Waals surface area (Å²) >= 11 is 3.50. The van der Waals surface area contributed by atoms with Gasteiger partial charge in [0.2, 0.25) is 0 Å². The molecule has 0 amide bonds. The summed E-state index contributed by atoms with van der Waals surface area (Å²) in [5.74, 6) is 0. The molecule has 0 atom stereocenters. The Morgan fingerprint density at radius 3 is 3.00 bits per heavy atom. The maximum Gasteiger partial charge on any atom is 0.0844 e. The highest BCUT2D eigenvalue weighted by molar-refractivity contribution is 9.10. The molecule has 0 aliphatic heterocycles. The van der Waals surface area contributed by atoms with Crippen molar-refractivity contribution in [3.05, 3.63) is 40.1 Å². The zero-order valence-corrected chi connectivity index (χ0v) is 10.6. The molecule has 2 aromatic rings. The number of nitrogens with zero attached hydrogens (tertiary/aromatic N) is 3. The summed E-state index contributed by atoms with van der Waals surface area (Å²) in [6, 6.07) is 6.12. The summed E-state index contributed by atoms with van der Waals surface area (Å²) in [6.07, 6.45) is 2.66. The Morgan fingerprint density at radius 1 is 1.44 bits per heavy atom. The molecule has 1 heterocycles. The van der Waals surface area contributed by atoms with Gasteiger partial charge in [-0.25, -0.2) is 4.68 Å². The molecule has 2 rings (SSSR count). The normalized spacial score (nSPS) is 10.7. The highest BCUT2D eigenvalue weighted by Crippen LogP contribution is 2.21. The number of nitrogens with two attached hydrogens (primary N) is 1. The third kappa shape index (κ3) is 2.31. The van der Waals surface area contributed by atoms with Gasteiger partial charge in [0.1, 0.15) is 0 Å². The van der Waals surface area contributed by atoms with Crippen molar-refractivity contribution in [3.63, 3.8) is 0 Å². The molecule has 0 bridgehead atoms. The topological polar surface area (TPSA) is 56.7 Å². The molecule has 4 nitrogen and oxygen atoms in total. The first-order valence-corrected chi connectivity index (χ1v) is 5.88. The molecule has 16 heavy (non-hydrogen) atoms. The number of aromatic nitrogens is 3. The zero-order valence-electron chi connectivity index (χ0n) is 9.02. The van der Waals surface area contributed by atoms with Crippen molar-refractivity contribution in [1.82, 2.24) is 15.0 Å². The SMILES string of the molecule is Cc1ccc(Br)c(-n2cc(CCN)nn2)c1. The van der Waals surface area contributed by atoms with E-state index in [0.717, 1.165) is 22.3 Å². The molecule has 0 radical (unpaired) electrons. The van der Waals surface area contributed by atoms with Crippen molar-refractivity contribution in [2.75, 3.05) is 6.54 Å². The summed E-state index contributed by atoms with van der Waals surface area (Å²) in [4.78, 5) is 0. The molecule has 0 saturated carbocycles. The van der Waals surface area contributed by atoms with Gasteiger partial charge in [0.15, 0.2) is 0 Å². The predicted octanol–water partition coefficient (Wildman–Crippen LogP) is 1.84. The Labute approximate surface area is 103 Å². The second-order valence-electron chi connectivity index (χ2n) is 3.65. The minimum Gasteiger partial charge on any atom is -0.330 e. The lowest BCUT2D eigenvalue weighted by atomic mass is 10.2. The standard InChI is InChI=1S/C11H13BrN4/c1-8-2-3-10(12)11(6-8)16-7-9(4-5-13)14-15-16/h2-3,6-7H,4-5,13H2,1H3. The van der Waals surface area contributed by atoms with Crippen LogP contribution in [-0.4, -0.2) is 21.5 Å². The molecular weight excluding hydrogens is 268 g/mol. The molecule has 5 heteroatoms. The van der Waals surface area contributed by atoms with E-state index >= 15 is 0 Å². The van der Waals surface area contributed by atoms with Crippen LogP contribution in [0.2, 0.25) is 0 Å². The van der Waals surface area contributed by atoms with Crippen LogP contribution in [0.4, 0.5) is 0 Å². The van der Waals surface area contributed by atoms with Crippen molar-refractivity contribution >= 4 is 15.9 Å². The molecule has 0 fully saturated rings. The number of hydrogen-bond acceptors (Lipinski definition) is 3. The molecule has 2 N–H and O–H groups in total. The Balaban J connectivity index is 2.38. The van der Waals surface area contributed by atoms with Crippen molar-refractivity contribution in [3.8, 4) is 5.69 Å². The van der Waals surface area contributed by atoms with Gasteiger partial charge in [0.25, 0.3) is 0 Å². The lowest BCUT2D eigenvalue weighted by molar-refractivity contribution is 0.791. The summed E-state index contributed by atoms with van der Waals surface area (Å²) in [6.45, 7) is 2.64. The molecule has 0 unspecified atom stereocenters. The lowest BCUT2D eigenvalue weighted by Crippen LogP contribution is -2.02. The van der Waals surface area contributed by atoms with Crippen LogP contribution in [0.5, 0.6) is 0 Å². The molecule has 0 spiro atoms. The van der Waals surface area contributed by atoms with Gasteiger partial charge >= 0.3 is 0 Å². The second kappa shape index (κ2) is 4.76. The Kier molecular flexibility index (Phi) is 3.36. The fourth-order valence-corrected chi connectivity index (χ4v) is 1.91. The van der Waals surface area contributed by atoms with Gasteiger partial charge in [-0.3, -0.25) is 0 Å². The van der Waals surface area contributed by atoms with E-state index in [1.807, 2.05) is 25.3 Å². The average molecular weight is 281 g/mol. The first kappa shape index (κ1) is 11.3. The quantitative estimate of drug-likeness (QED) is 0.934. The first-order chi connectivity index (χ1) is 7.70. The van der Waals surface area contributed by atoms with Gasteiger partial charge in [-0.1, -0.05) is 11.3 Å². The number of benzene rings is 1. The van der Waals surface area contributed by atoms with E-state index in [-0.39, 0.29) is 0 Å². The van der Waals surface area contributed by atoms with Crippen LogP contribution in [0.15, 0.2) is 28.9 Å². The predicted molar refractivity (Wildman–Crippen MR) is 66.6 cm³/mol. The van der Waals surface area contributed by atoms with Crippen LogP contribution in [-0.2, 0) is 6.42 Å². The molecule has 1 aromatic heterocycles. The molecule has 84 valence electrons. The smallest absolute Gasteiger partial charge is 0.0844 e. The molecule has 0 aliphatic carbocycles. The summed E-state index contributed by atoms with van der Waals surface area (Å²) in [5, 5.41) is 8.15. The average Bonchev–Trinajstić information content (AvgIpc) is 2.71. The lowest BCUT2D eigenvalue weighted by Gasteiger charge is -2.04. The number of halogens is 1. The van der Waals surface area contributed by atoms with E-state index in [1.165, 1.54) is 5.56 Å². The number of rotatable bonds is 3. The van der Waals surface area contributed by atoms with E-state index < -0.39 is 0 Å². The van der Waals surface area contributed by atoms with E-state index in [1.54, 1.807) is 4.68 Å².